The Bertz CT molecular complexity index is 1390. The van der Waals surface area contributed by atoms with Crippen molar-refractivity contribution < 1.29 is 33.9 Å². The molecule has 8 aliphatic rings. The third-order valence-corrected chi connectivity index (χ3v) is 18.6. The molecule has 1 heterocycles. The van der Waals surface area contributed by atoms with Crippen LogP contribution in [-0.4, -0.2) is 50.7 Å². The predicted molar refractivity (Wildman–Crippen MR) is 206 cm³/mol. The molecule has 0 radical (unpaired) electrons. The lowest BCUT2D eigenvalue weighted by atomic mass is 9.70. The van der Waals surface area contributed by atoms with E-state index >= 15 is 0 Å². The zero-order valence-corrected chi connectivity index (χ0v) is 34.9. The number of carbonyl (C=O) groups excluding carboxylic acids is 4. The fourth-order valence-corrected chi connectivity index (χ4v) is 12.0. The number of aromatic nitrogens is 2. The molecule has 3 N–H and O–H groups in total. The molecule has 53 heavy (non-hydrogen) atoms. The standard InChI is InChI=1S/4C10H16O.C3H5BN2O3/c4*1-9(2)7-4-5-10(9,3)8(11)6-7;7-4(8)9-3-1-2-5-6-3/h4*7H,4-6H2,1-3H3;1-2,7-8H,(H,5,6). The number of fused-ring (bicyclic) bond motifs is 8. The van der Waals surface area contributed by atoms with Gasteiger partial charge in [-0.2, -0.15) is 0 Å². The molecule has 0 saturated heterocycles. The molecule has 8 fully saturated rings. The Hall–Kier alpha value is -2.33. The minimum atomic E-state index is -1.80. The number of nitrogens with one attached hydrogen (secondary N) is 1. The van der Waals surface area contributed by atoms with E-state index in [2.05, 4.69) is 97.9 Å². The summed E-state index contributed by atoms with van der Waals surface area (Å²) in [6.07, 6.45) is 14.5. The van der Waals surface area contributed by atoms with Crippen LogP contribution in [0.15, 0.2) is 12.3 Å². The quantitative estimate of drug-likeness (QED) is 0.257. The highest BCUT2D eigenvalue weighted by atomic mass is 16.6. The summed E-state index contributed by atoms with van der Waals surface area (Å²) in [4.78, 5) is 46.3. The molecule has 9 nitrogen and oxygen atoms in total. The summed E-state index contributed by atoms with van der Waals surface area (Å²) in [6.45, 7) is 26.7. The second kappa shape index (κ2) is 13.7. The summed E-state index contributed by atoms with van der Waals surface area (Å²) >= 11 is 0. The van der Waals surface area contributed by atoms with Crippen LogP contribution in [0, 0.1) is 67.0 Å². The van der Waals surface area contributed by atoms with Gasteiger partial charge in [0.1, 0.15) is 23.1 Å². The zero-order valence-electron chi connectivity index (χ0n) is 34.9. The maximum Gasteiger partial charge on any atom is 0.708 e. The van der Waals surface area contributed by atoms with Crippen molar-refractivity contribution in [3.8, 4) is 5.88 Å². The number of nitrogens with zero attached hydrogens (tertiary/aromatic N) is 1. The Morgan fingerprint density at radius 3 is 0.925 bits per heavy atom. The molecule has 8 unspecified atom stereocenters. The molecule has 8 saturated carbocycles. The second-order valence-electron chi connectivity index (χ2n) is 21.0. The van der Waals surface area contributed by atoms with Gasteiger partial charge in [-0.15, -0.1) is 5.10 Å². The van der Waals surface area contributed by atoms with Crippen LogP contribution in [0.3, 0.4) is 0 Å². The number of ketones is 4. The van der Waals surface area contributed by atoms with E-state index in [0.717, 1.165) is 51.4 Å². The maximum absolute atomic E-state index is 11.6. The van der Waals surface area contributed by atoms with E-state index in [1.165, 1.54) is 37.9 Å². The molecule has 8 atom stereocenters. The summed E-state index contributed by atoms with van der Waals surface area (Å²) in [6, 6.07) is 1.47. The van der Waals surface area contributed by atoms with Crippen LogP contribution < -0.4 is 4.65 Å². The number of hydrogen-bond acceptors (Lipinski definition) is 8. The molecule has 8 aliphatic carbocycles. The average molecular weight is 737 g/mol. The topological polar surface area (TPSA) is 147 Å². The number of Topliss-reactive ketones (excluding diaryl/α,β-unsaturated/α-hetero) is 4. The minimum Gasteiger partial charge on any atom is -0.497 e. The Labute approximate surface area is 319 Å². The van der Waals surface area contributed by atoms with Crippen LogP contribution in [0.25, 0.3) is 0 Å². The number of aromatic amines is 1. The zero-order chi connectivity index (χ0) is 39.8. The molecule has 0 aliphatic heterocycles. The van der Waals surface area contributed by atoms with Crippen molar-refractivity contribution in [2.24, 2.45) is 67.0 Å². The largest absolute Gasteiger partial charge is 0.708 e. The first kappa shape index (κ1) is 41.8. The Balaban J connectivity index is 0.000000128. The first-order valence-electron chi connectivity index (χ1n) is 20.4. The van der Waals surface area contributed by atoms with Crippen molar-refractivity contribution in [1.29, 1.82) is 0 Å². The summed E-state index contributed by atoms with van der Waals surface area (Å²) in [5.41, 5.74) is 1.23. The van der Waals surface area contributed by atoms with Crippen LogP contribution in [-0.2, 0) is 19.2 Å². The summed E-state index contributed by atoms with van der Waals surface area (Å²) in [5.74, 6) is 4.93. The lowest BCUT2D eigenvalue weighted by Gasteiger charge is -2.32. The molecule has 8 bridgehead atoms. The summed E-state index contributed by atoms with van der Waals surface area (Å²) < 4.78 is 4.32. The molecule has 0 spiro atoms. The van der Waals surface area contributed by atoms with Crippen molar-refractivity contribution in [2.45, 2.75) is 160 Å². The predicted octanol–water partition coefficient (Wildman–Crippen LogP) is 8.36. The van der Waals surface area contributed by atoms with Crippen LogP contribution in [0.5, 0.6) is 5.88 Å². The van der Waals surface area contributed by atoms with Crippen molar-refractivity contribution in [3.63, 3.8) is 0 Å². The molecular formula is C43H69BN2O7. The second-order valence-corrected chi connectivity index (χ2v) is 21.0. The fraction of sp³-hybridized carbons (Fsp3) is 0.837. The fourth-order valence-electron chi connectivity index (χ4n) is 12.0. The molecule has 0 amide bonds. The van der Waals surface area contributed by atoms with E-state index in [1.54, 1.807) is 0 Å². The molecule has 296 valence electrons. The molecule has 0 aromatic carbocycles. The van der Waals surface area contributed by atoms with E-state index in [9.17, 15) is 19.2 Å². The molecule has 1 aromatic rings. The van der Waals surface area contributed by atoms with Crippen LogP contribution in [0.4, 0.5) is 0 Å². The van der Waals surface area contributed by atoms with Crippen molar-refractivity contribution in [1.82, 2.24) is 10.2 Å². The van der Waals surface area contributed by atoms with Gasteiger partial charge in [-0.05, 0) is 96.7 Å². The van der Waals surface area contributed by atoms with E-state index in [-0.39, 0.29) is 49.2 Å². The van der Waals surface area contributed by atoms with Crippen LogP contribution >= 0.6 is 0 Å². The highest BCUT2D eigenvalue weighted by Crippen LogP contribution is 2.66. The third-order valence-electron chi connectivity index (χ3n) is 18.6. The van der Waals surface area contributed by atoms with E-state index in [4.69, 9.17) is 10.0 Å². The summed E-state index contributed by atoms with van der Waals surface area (Å²) in [7, 11) is -1.80. The van der Waals surface area contributed by atoms with Crippen molar-refractivity contribution >= 4 is 30.5 Å². The molecule has 9 rings (SSSR count). The lowest BCUT2D eigenvalue weighted by Crippen LogP contribution is -2.32. The van der Waals surface area contributed by atoms with Gasteiger partial charge >= 0.3 is 7.32 Å². The smallest absolute Gasteiger partial charge is 0.497 e. The van der Waals surface area contributed by atoms with Gasteiger partial charge in [-0.3, -0.25) is 24.3 Å². The minimum absolute atomic E-state index is 0.0255. The Morgan fingerprint density at radius 2 is 0.811 bits per heavy atom. The van der Waals surface area contributed by atoms with Crippen LogP contribution in [0.1, 0.15) is 160 Å². The van der Waals surface area contributed by atoms with Gasteiger partial charge in [0.25, 0.3) is 0 Å². The van der Waals surface area contributed by atoms with Crippen molar-refractivity contribution in [2.75, 3.05) is 0 Å². The Kier molecular flexibility index (Phi) is 10.8. The normalized spacial score (nSPS) is 40.4. The Morgan fingerprint density at radius 1 is 0.547 bits per heavy atom. The molecule has 1 aromatic heterocycles. The first-order chi connectivity index (χ1) is 24.2. The highest BCUT2D eigenvalue weighted by molar-refractivity contribution is 6.33. The number of H-pyrrole nitrogens is 1. The summed E-state index contributed by atoms with van der Waals surface area (Å²) in [5, 5.41) is 22.3. The van der Waals surface area contributed by atoms with Gasteiger partial charge in [0.2, 0.25) is 5.88 Å². The van der Waals surface area contributed by atoms with E-state index in [0.29, 0.717) is 46.8 Å². The number of hydrogen-bond donors (Lipinski definition) is 3. The van der Waals surface area contributed by atoms with Gasteiger partial charge < -0.3 is 14.7 Å². The van der Waals surface area contributed by atoms with E-state index in [1.807, 2.05) is 0 Å². The van der Waals surface area contributed by atoms with Gasteiger partial charge in [-0.25, -0.2) is 0 Å². The SMILES string of the molecule is CC12CCC(CC1=O)C2(C)C.CC12CCC(CC1=O)C2(C)C.CC12CCC(CC1=O)C2(C)C.CC12CCC(CC1=O)C2(C)C.OB(O)Oc1cc[nH]n1. The number of rotatable bonds is 2. The molecular weight excluding hydrogens is 667 g/mol. The van der Waals surface area contributed by atoms with Gasteiger partial charge in [0, 0.05) is 59.6 Å². The lowest BCUT2D eigenvalue weighted by molar-refractivity contribution is -0.129. The first-order valence-corrected chi connectivity index (χ1v) is 20.4. The maximum atomic E-state index is 11.6. The monoisotopic (exact) mass is 737 g/mol. The highest BCUT2D eigenvalue weighted by Gasteiger charge is 2.63. The average Bonchev–Trinajstić information content (AvgIpc) is 3.91. The van der Waals surface area contributed by atoms with Gasteiger partial charge in [-0.1, -0.05) is 83.1 Å². The van der Waals surface area contributed by atoms with Crippen molar-refractivity contribution in [3.05, 3.63) is 12.3 Å². The third kappa shape index (κ3) is 6.41. The molecule has 10 heteroatoms. The van der Waals surface area contributed by atoms with E-state index < -0.39 is 7.32 Å². The van der Waals surface area contributed by atoms with Crippen LogP contribution in [0.2, 0.25) is 0 Å². The van der Waals surface area contributed by atoms with Gasteiger partial charge in [0.15, 0.2) is 0 Å². The number of carbonyl (C=O) groups is 4. The van der Waals surface area contributed by atoms with Gasteiger partial charge in [0.05, 0.1) is 0 Å².